The Labute approximate surface area is 159 Å². The maximum absolute atomic E-state index is 14.9. The maximum Gasteiger partial charge on any atom is 0.274 e. The van der Waals surface area contributed by atoms with Gasteiger partial charge in [-0.05, 0) is 49.1 Å². The second kappa shape index (κ2) is 6.27. The molecule has 0 spiro atoms. The van der Waals surface area contributed by atoms with E-state index in [9.17, 15) is 14.0 Å². The lowest BCUT2D eigenvalue weighted by Gasteiger charge is -2.19. The van der Waals surface area contributed by atoms with Crippen molar-refractivity contribution >= 4 is 22.6 Å². The zero-order valence-corrected chi connectivity index (χ0v) is 15.4. The number of carbonyl (C=O) groups excluding carboxylic acids is 1. The average Bonchev–Trinajstić information content (AvgIpc) is 3.50. The van der Waals surface area contributed by atoms with Crippen molar-refractivity contribution in [3.63, 3.8) is 0 Å². The number of hydrogen-bond acceptors (Lipinski definition) is 4. The van der Waals surface area contributed by atoms with Crippen LogP contribution < -0.4 is 16.2 Å². The Hall–Kier alpha value is -3.00. The van der Waals surface area contributed by atoms with E-state index in [4.69, 9.17) is 0 Å². The van der Waals surface area contributed by atoms with Crippen LogP contribution in [0.25, 0.3) is 11.0 Å². The monoisotopic (exact) mass is 381 g/mol. The first-order valence-electron chi connectivity index (χ1n) is 9.45. The normalized spacial score (nSPS) is 16.2. The number of anilines is 1. The van der Waals surface area contributed by atoms with Crippen molar-refractivity contribution in [2.45, 2.75) is 31.7 Å². The number of nitrogens with one attached hydrogen (secondary N) is 3. The Balaban J connectivity index is 1.57. The summed E-state index contributed by atoms with van der Waals surface area (Å²) in [6.07, 6.45) is 2.62. The molecule has 8 heteroatoms. The highest BCUT2D eigenvalue weighted by Crippen LogP contribution is 2.40. The first-order valence-corrected chi connectivity index (χ1v) is 9.45. The quantitative estimate of drug-likeness (QED) is 0.648. The van der Waals surface area contributed by atoms with Crippen LogP contribution in [0.1, 0.15) is 45.9 Å². The number of benzene rings is 1. The van der Waals surface area contributed by atoms with E-state index in [0.29, 0.717) is 36.6 Å². The number of rotatable bonds is 3. The van der Waals surface area contributed by atoms with Gasteiger partial charge in [-0.15, -0.1) is 0 Å². The van der Waals surface area contributed by atoms with Crippen LogP contribution in [-0.2, 0) is 20.0 Å². The van der Waals surface area contributed by atoms with Crippen LogP contribution in [0, 0.1) is 5.82 Å². The maximum atomic E-state index is 14.9. The summed E-state index contributed by atoms with van der Waals surface area (Å²) < 4.78 is 16.4. The lowest BCUT2D eigenvalue weighted by atomic mass is 9.99. The molecule has 2 aliphatic rings. The summed E-state index contributed by atoms with van der Waals surface area (Å²) in [4.78, 5) is 29.9. The molecule has 1 fully saturated rings. The molecule has 2 aromatic heterocycles. The molecule has 0 radical (unpaired) electrons. The fraction of sp³-hybridized carbons (Fsp3) is 0.350. The third-order valence-corrected chi connectivity index (χ3v) is 5.53. The summed E-state index contributed by atoms with van der Waals surface area (Å²) >= 11 is 0. The summed E-state index contributed by atoms with van der Waals surface area (Å²) in [7, 11) is 1.69. The molecule has 1 aliphatic heterocycles. The molecule has 3 N–H and O–H groups in total. The van der Waals surface area contributed by atoms with Crippen LogP contribution in [0.4, 0.5) is 10.1 Å². The number of amides is 1. The third kappa shape index (κ3) is 2.72. The molecule has 0 unspecified atom stereocenters. The van der Waals surface area contributed by atoms with Crippen molar-refractivity contribution in [3.05, 3.63) is 56.8 Å². The predicted molar refractivity (Wildman–Crippen MR) is 103 cm³/mol. The van der Waals surface area contributed by atoms with E-state index in [1.165, 1.54) is 4.68 Å². The van der Waals surface area contributed by atoms with E-state index >= 15 is 0 Å². The zero-order valence-electron chi connectivity index (χ0n) is 15.4. The van der Waals surface area contributed by atoms with Gasteiger partial charge < -0.3 is 10.6 Å². The molecule has 0 atom stereocenters. The van der Waals surface area contributed by atoms with Gasteiger partial charge in [-0.3, -0.25) is 19.4 Å². The Bertz CT molecular complexity index is 1180. The van der Waals surface area contributed by atoms with E-state index in [0.717, 1.165) is 24.1 Å². The Kier molecular flexibility index (Phi) is 3.83. The molecule has 144 valence electrons. The van der Waals surface area contributed by atoms with Gasteiger partial charge in [0.05, 0.1) is 16.6 Å². The van der Waals surface area contributed by atoms with Crippen molar-refractivity contribution in [3.8, 4) is 0 Å². The number of hydrogen-bond donors (Lipinski definition) is 3. The van der Waals surface area contributed by atoms with Crippen molar-refractivity contribution in [2.24, 2.45) is 7.05 Å². The van der Waals surface area contributed by atoms with E-state index in [-0.39, 0.29) is 22.2 Å². The van der Waals surface area contributed by atoms with Gasteiger partial charge in [0, 0.05) is 25.2 Å². The van der Waals surface area contributed by atoms with Crippen LogP contribution in [0.5, 0.6) is 0 Å². The number of halogens is 1. The molecule has 7 nitrogen and oxygen atoms in total. The minimum Gasteiger partial charge on any atom is -0.319 e. The summed E-state index contributed by atoms with van der Waals surface area (Å²) in [5.74, 6) is -0.588. The number of aryl methyl sites for hydroxylation is 1. The highest BCUT2D eigenvalue weighted by atomic mass is 19.1. The fourth-order valence-electron chi connectivity index (χ4n) is 3.87. The first-order chi connectivity index (χ1) is 13.5. The van der Waals surface area contributed by atoms with Gasteiger partial charge in [-0.1, -0.05) is 6.07 Å². The van der Waals surface area contributed by atoms with Crippen LogP contribution in [0.15, 0.2) is 23.0 Å². The standard InChI is InChI=1S/C20H20FN5O2/c1-26-18-16(20(28)25-26)13(8-15(23-18)10-2-3-10)19(27)24-14-5-4-11-9-22-7-6-12(11)17(14)21/h4-5,8,10,22H,2-3,6-7,9H2,1H3,(H,24,27)(H,25,28). The van der Waals surface area contributed by atoms with Gasteiger partial charge in [0.2, 0.25) is 0 Å². The summed E-state index contributed by atoms with van der Waals surface area (Å²) in [6.45, 7) is 1.33. The number of aromatic amines is 1. The van der Waals surface area contributed by atoms with E-state index < -0.39 is 11.7 Å². The minimum atomic E-state index is -0.501. The minimum absolute atomic E-state index is 0.135. The fourth-order valence-corrected chi connectivity index (χ4v) is 3.87. The Morgan fingerprint density at radius 3 is 2.96 bits per heavy atom. The third-order valence-electron chi connectivity index (χ3n) is 5.53. The van der Waals surface area contributed by atoms with E-state index in [2.05, 4.69) is 20.7 Å². The van der Waals surface area contributed by atoms with E-state index in [1.807, 2.05) is 6.07 Å². The highest BCUT2D eigenvalue weighted by molar-refractivity contribution is 6.12. The average molecular weight is 381 g/mol. The smallest absolute Gasteiger partial charge is 0.274 e. The van der Waals surface area contributed by atoms with Crippen molar-refractivity contribution in [2.75, 3.05) is 11.9 Å². The zero-order chi connectivity index (χ0) is 19.4. The van der Waals surface area contributed by atoms with Crippen LogP contribution in [0.3, 0.4) is 0 Å². The van der Waals surface area contributed by atoms with Gasteiger partial charge in [-0.2, -0.15) is 0 Å². The number of nitrogens with zero attached hydrogens (tertiary/aromatic N) is 2. The molecule has 1 aromatic carbocycles. The summed E-state index contributed by atoms with van der Waals surface area (Å²) in [6, 6.07) is 5.08. The molecule has 1 amide bonds. The van der Waals surface area contributed by atoms with Crippen LogP contribution >= 0.6 is 0 Å². The summed E-state index contributed by atoms with van der Waals surface area (Å²) in [5.41, 5.74) is 2.76. The number of carbonyl (C=O) groups is 1. The molecule has 1 aliphatic carbocycles. The predicted octanol–water partition coefficient (Wildman–Crippen LogP) is 2.18. The van der Waals surface area contributed by atoms with Gasteiger partial charge in [-0.25, -0.2) is 9.37 Å². The number of aromatic nitrogens is 3. The van der Waals surface area contributed by atoms with Gasteiger partial charge in [0.25, 0.3) is 11.5 Å². The van der Waals surface area contributed by atoms with Crippen LogP contribution in [0.2, 0.25) is 0 Å². The molecule has 5 rings (SSSR count). The Morgan fingerprint density at radius 2 is 2.18 bits per heavy atom. The molecular weight excluding hydrogens is 361 g/mol. The first kappa shape index (κ1) is 17.1. The van der Waals surface area contributed by atoms with Crippen molar-refractivity contribution in [1.82, 2.24) is 20.1 Å². The van der Waals surface area contributed by atoms with Crippen molar-refractivity contribution < 1.29 is 9.18 Å². The topological polar surface area (TPSA) is 91.8 Å². The molecule has 28 heavy (non-hydrogen) atoms. The largest absolute Gasteiger partial charge is 0.319 e. The van der Waals surface area contributed by atoms with Crippen LogP contribution in [-0.4, -0.2) is 27.2 Å². The van der Waals surface area contributed by atoms with Gasteiger partial charge in [0.1, 0.15) is 5.82 Å². The SMILES string of the molecule is Cn1[nH]c(=O)c2c(C(=O)Nc3ccc4c(c3F)CCNC4)cc(C3CC3)nc21. The molecule has 3 aromatic rings. The number of fused-ring (bicyclic) bond motifs is 2. The van der Waals surface area contributed by atoms with Crippen molar-refractivity contribution in [1.29, 1.82) is 0 Å². The number of pyridine rings is 1. The molecule has 0 saturated heterocycles. The lowest BCUT2D eigenvalue weighted by molar-refractivity contribution is 0.102. The Morgan fingerprint density at radius 1 is 1.36 bits per heavy atom. The molecule has 1 saturated carbocycles. The lowest BCUT2D eigenvalue weighted by Crippen LogP contribution is -2.25. The summed E-state index contributed by atoms with van der Waals surface area (Å²) in [5, 5.41) is 8.75. The number of H-pyrrole nitrogens is 1. The molecule has 0 bridgehead atoms. The molecule has 3 heterocycles. The highest BCUT2D eigenvalue weighted by Gasteiger charge is 2.29. The van der Waals surface area contributed by atoms with E-state index in [1.54, 1.807) is 19.2 Å². The second-order valence-corrected chi connectivity index (χ2v) is 7.51. The second-order valence-electron chi connectivity index (χ2n) is 7.51. The molecular formula is C20H20FN5O2. The van der Waals surface area contributed by atoms with Gasteiger partial charge in [0.15, 0.2) is 5.65 Å². The van der Waals surface area contributed by atoms with Gasteiger partial charge >= 0.3 is 0 Å².